The van der Waals surface area contributed by atoms with Crippen LogP contribution < -0.4 is 16.1 Å². The number of hydrogen-bond acceptors (Lipinski definition) is 3. The van der Waals surface area contributed by atoms with E-state index >= 15 is 0 Å². The predicted molar refractivity (Wildman–Crippen MR) is 97.8 cm³/mol. The highest BCUT2D eigenvalue weighted by Gasteiger charge is 2.08. The summed E-state index contributed by atoms with van der Waals surface area (Å²) < 4.78 is 1.29. The number of anilines is 1. The first kappa shape index (κ1) is 16.1. The van der Waals surface area contributed by atoms with Crippen LogP contribution in [0.1, 0.15) is 13.3 Å². The van der Waals surface area contributed by atoms with E-state index in [0.717, 1.165) is 25.2 Å². The normalized spacial score (nSPS) is 10.9. The Bertz CT molecular complexity index is 928. The maximum atomic E-state index is 12.5. The molecule has 124 valence electrons. The van der Waals surface area contributed by atoms with Gasteiger partial charge in [-0.3, -0.25) is 9.36 Å². The zero-order valence-corrected chi connectivity index (χ0v) is 13.7. The third-order valence-corrected chi connectivity index (χ3v) is 4.20. The van der Waals surface area contributed by atoms with Gasteiger partial charge in [0.1, 0.15) is 0 Å². The van der Waals surface area contributed by atoms with Crippen molar-refractivity contribution in [2.24, 2.45) is 0 Å². The highest BCUT2D eigenvalue weighted by atomic mass is 16.2. The third-order valence-electron chi connectivity index (χ3n) is 4.20. The van der Waals surface area contributed by atoms with Gasteiger partial charge in [-0.2, -0.15) is 0 Å². The molecule has 0 aliphatic heterocycles. The molecule has 3 aromatic rings. The molecule has 0 saturated carbocycles. The Labute approximate surface area is 140 Å². The van der Waals surface area contributed by atoms with Crippen LogP contribution >= 0.6 is 0 Å². The lowest BCUT2D eigenvalue weighted by Crippen LogP contribution is -2.36. The van der Waals surface area contributed by atoms with Crippen molar-refractivity contribution in [2.75, 3.05) is 18.0 Å². The van der Waals surface area contributed by atoms with Gasteiger partial charge in [0.2, 0.25) is 0 Å². The number of benzene rings is 2. The lowest BCUT2D eigenvalue weighted by Gasteiger charge is -2.23. The van der Waals surface area contributed by atoms with E-state index in [-0.39, 0.29) is 11.2 Å². The van der Waals surface area contributed by atoms with Crippen LogP contribution in [0, 0.1) is 0 Å². The van der Waals surface area contributed by atoms with Gasteiger partial charge in [-0.25, -0.2) is 4.79 Å². The predicted octanol–water partition coefficient (Wildman–Crippen LogP) is 2.61. The van der Waals surface area contributed by atoms with Crippen LogP contribution in [0.4, 0.5) is 5.69 Å². The average molecular weight is 323 g/mol. The number of fused-ring (bicyclic) bond motifs is 1. The third kappa shape index (κ3) is 3.25. The van der Waals surface area contributed by atoms with Gasteiger partial charge < -0.3 is 9.88 Å². The number of para-hydroxylation sites is 2. The summed E-state index contributed by atoms with van der Waals surface area (Å²) in [7, 11) is 0. The Hall–Kier alpha value is -2.82. The van der Waals surface area contributed by atoms with Crippen LogP contribution in [-0.2, 0) is 6.54 Å². The minimum atomic E-state index is -0.346. The molecule has 2 aromatic carbocycles. The summed E-state index contributed by atoms with van der Waals surface area (Å²) in [5.41, 5.74) is 1.17. The molecule has 3 rings (SSSR count). The summed E-state index contributed by atoms with van der Waals surface area (Å²) in [6.07, 6.45) is 0.726. The zero-order chi connectivity index (χ0) is 16.9. The van der Waals surface area contributed by atoms with Crippen molar-refractivity contribution in [1.29, 1.82) is 0 Å². The van der Waals surface area contributed by atoms with Crippen LogP contribution in [0.15, 0.2) is 64.2 Å². The van der Waals surface area contributed by atoms with Crippen LogP contribution in [0.2, 0.25) is 0 Å². The largest absolute Gasteiger partial charge is 0.372 e. The first-order valence-corrected chi connectivity index (χ1v) is 8.22. The second-order valence-corrected chi connectivity index (χ2v) is 5.70. The smallest absolute Gasteiger partial charge is 0.328 e. The summed E-state index contributed by atoms with van der Waals surface area (Å²) in [4.78, 5) is 29.7. The van der Waals surface area contributed by atoms with Gasteiger partial charge >= 0.3 is 5.69 Å². The molecule has 1 N–H and O–H groups in total. The molecule has 1 aromatic heterocycles. The van der Waals surface area contributed by atoms with Crippen molar-refractivity contribution in [1.82, 2.24) is 9.55 Å². The van der Waals surface area contributed by atoms with Gasteiger partial charge in [-0.15, -0.1) is 0 Å². The molecule has 0 radical (unpaired) electrons. The Morgan fingerprint density at radius 3 is 2.46 bits per heavy atom. The molecule has 0 fully saturated rings. The van der Waals surface area contributed by atoms with E-state index in [9.17, 15) is 9.59 Å². The van der Waals surface area contributed by atoms with Crippen LogP contribution in [0.25, 0.3) is 10.9 Å². The lowest BCUT2D eigenvalue weighted by atomic mass is 10.2. The van der Waals surface area contributed by atoms with Crippen LogP contribution in [-0.4, -0.2) is 22.6 Å². The first-order valence-electron chi connectivity index (χ1n) is 8.22. The number of nitrogens with one attached hydrogen (secondary N) is 1. The standard InChI is InChI=1S/C19H21N3O2/c1-2-21(15-9-4-3-5-10-15)13-8-14-22-18(23)16-11-6-7-12-17(16)20-19(22)24/h3-7,9-12H,2,8,13-14H2,1H3,(H,20,24). The van der Waals surface area contributed by atoms with Crippen molar-refractivity contribution in [3.05, 3.63) is 75.4 Å². The maximum Gasteiger partial charge on any atom is 0.328 e. The maximum absolute atomic E-state index is 12.5. The van der Waals surface area contributed by atoms with Crippen LogP contribution in [0.5, 0.6) is 0 Å². The topological polar surface area (TPSA) is 58.1 Å². The molecule has 0 atom stereocenters. The van der Waals surface area contributed by atoms with Crippen molar-refractivity contribution in [2.45, 2.75) is 19.9 Å². The molecule has 0 spiro atoms. The summed E-state index contributed by atoms with van der Waals surface area (Å²) in [5, 5.41) is 0.549. The van der Waals surface area contributed by atoms with E-state index in [1.807, 2.05) is 18.2 Å². The van der Waals surface area contributed by atoms with E-state index in [2.05, 4.69) is 28.9 Å². The monoisotopic (exact) mass is 323 g/mol. The quantitative estimate of drug-likeness (QED) is 0.758. The molecule has 0 aliphatic carbocycles. The van der Waals surface area contributed by atoms with E-state index in [4.69, 9.17) is 0 Å². The van der Waals surface area contributed by atoms with E-state index in [0.29, 0.717) is 17.4 Å². The fourth-order valence-corrected chi connectivity index (χ4v) is 2.93. The lowest BCUT2D eigenvalue weighted by molar-refractivity contribution is 0.588. The van der Waals surface area contributed by atoms with Crippen LogP contribution in [0.3, 0.4) is 0 Å². The number of rotatable bonds is 6. The molecule has 5 heteroatoms. The second-order valence-electron chi connectivity index (χ2n) is 5.70. The molecular weight excluding hydrogens is 302 g/mol. The number of hydrogen-bond donors (Lipinski definition) is 1. The average Bonchev–Trinajstić information content (AvgIpc) is 2.62. The SMILES string of the molecule is CCN(CCCn1c(=O)[nH]c2ccccc2c1=O)c1ccccc1. The molecule has 0 unspecified atom stereocenters. The minimum Gasteiger partial charge on any atom is -0.372 e. The Balaban J connectivity index is 1.76. The molecular formula is C19H21N3O2. The van der Waals surface area contributed by atoms with Gasteiger partial charge in [-0.1, -0.05) is 30.3 Å². The number of nitrogens with zero attached hydrogens (tertiary/aromatic N) is 2. The van der Waals surface area contributed by atoms with Crippen molar-refractivity contribution < 1.29 is 0 Å². The highest BCUT2D eigenvalue weighted by molar-refractivity contribution is 5.76. The van der Waals surface area contributed by atoms with Crippen molar-refractivity contribution in [3.63, 3.8) is 0 Å². The Kier molecular flexibility index (Phi) is 4.79. The fraction of sp³-hybridized carbons (Fsp3) is 0.263. The zero-order valence-electron chi connectivity index (χ0n) is 13.7. The van der Waals surface area contributed by atoms with Crippen molar-refractivity contribution in [3.8, 4) is 0 Å². The highest BCUT2D eigenvalue weighted by Crippen LogP contribution is 2.13. The summed E-state index contributed by atoms with van der Waals surface area (Å²) in [5.74, 6) is 0. The summed E-state index contributed by atoms with van der Waals surface area (Å²) >= 11 is 0. The Morgan fingerprint density at radius 1 is 1.00 bits per heavy atom. The Morgan fingerprint density at radius 2 is 1.71 bits per heavy atom. The summed E-state index contributed by atoms with van der Waals surface area (Å²) in [6.45, 7) is 4.18. The molecule has 5 nitrogen and oxygen atoms in total. The van der Waals surface area contributed by atoms with Gasteiger partial charge in [-0.05, 0) is 37.6 Å². The number of aromatic nitrogens is 2. The van der Waals surface area contributed by atoms with Crippen molar-refractivity contribution >= 4 is 16.6 Å². The minimum absolute atomic E-state index is 0.225. The van der Waals surface area contributed by atoms with Gasteiger partial charge in [0.15, 0.2) is 0 Å². The first-order chi connectivity index (χ1) is 11.7. The van der Waals surface area contributed by atoms with Gasteiger partial charge in [0, 0.05) is 25.3 Å². The van der Waals surface area contributed by atoms with Gasteiger partial charge in [0.25, 0.3) is 5.56 Å². The molecule has 0 bridgehead atoms. The van der Waals surface area contributed by atoms with E-state index in [1.165, 1.54) is 4.57 Å². The van der Waals surface area contributed by atoms with Gasteiger partial charge in [0.05, 0.1) is 10.9 Å². The fourth-order valence-electron chi connectivity index (χ4n) is 2.93. The second kappa shape index (κ2) is 7.17. The molecule has 1 heterocycles. The van der Waals surface area contributed by atoms with E-state index in [1.54, 1.807) is 24.3 Å². The summed E-state index contributed by atoms with van der Waals surface area (Å²) in [6, 6.07) is 17.3. The molecule has 24 heavy (non-hydrogen) atoms. The molecule has 0 amide bonds. The van der Waals surface area contributed by atoms with E-state index < -0.39 is 0 Å². The number of H-pyrrole nitrogens is 1. The number of aromatic amines is 1. The molecule has 0 saturated heterocycles. The molecule has 0 aliphatic rings.